The lowest BCUT2D eigenvalue weighted by atomic mass is 9.82. The van der Waals surface area contributed by atoms with Crippen LogP contribution in [0.4, 0.5) is 0 Å². The minimum atomic E-state index is 0.0528. The monoisotopic (exact) mass is 1910 g/mol. The van der Waals surface area contributed by atoms with E-state index in [0.717, 1.165) is 44.7 Å². The maximum atomic E-state index is 5.97. The van der Waals surface area contributed by atoms with E-state index in [0.29, 0.717) is 0 Å². The van der Waals surface area contributed by atoms with Crippen LogP contribution in [0.1, 0.15) is 333 Å². The number of furan rings is 4. The second-order valence-electron chi connectivity index (χ2n) is 34.5. The molecule has 6 heterocycles. The molecule has 0 aliphatic heterocycles. The summed E-state index contributed by atoms with van der Waals surface area (Å²) in [7, 11) is 4.37. The van der Waals surface area contributed by atoms with Crippen molar-refractivity contribution in [1.29, 1.82) is 0 Å². The molecule has 764 valence electrons. The van der Waals surface area contributed by atoms with Gasteiger partial charge in [0.2, 0.25) is 0 Å². The molecule has 0 saturated heterocycles. The van der Waals surface area contributed by atoms with Gasteiger partial charge in [0.05, 0.1) is 0 Å². The molecule has 0 spiro atoms. The number of rotatable bonds is 0. The largest absolute Gasteiger partial charge is 0.456 e. The SMILES string of the molecule is CC.CC.CC.CC.CC.CC.CC.CC.CC.CC.CC.CC.CC.CC.Cc1cc(C)c2oc3c(C)cccc3c2c1.Cc1cc(C)c2oc3cccc(C)c3c2c1.Cc1ccc2c(c1)C(C)(C)c1cc3c(cc1-2)c1cc(C)ccc1n3C.Cc1ccc2c(c1)C(C)(C)c1cc3c(cc1-2)c1cc(C)ccc1n3C.Cc1ccc2c(c1)oc1c(C)cc(C)cc12.Cc1ccc2oc3c(C)cc(C)cc3c2c1. The molecule has 0 radical (unpaired) electrons. The first-order valence-electron chi connectivity index (χ1n) is 54.3. The average molecular weight is 1910 g/mol. The van der Waals surface area contributed by atoms with Gasteiger partial charge in [0.15, 0.2) is 0 Å². The van der Waals surface area contributed by atoms with Crippen LogP contribution in [0.15, 0.2) is 236 Å². The van der Waals surface area contributed by atoms with E-state index in [1.807, 2.05) is 206 Å². The minimum absolute atomic E-state index is 0.0528. The highest BCUT2D eigenvalue weighted by atomic mass is 16.3. The van der Waals surface area contributed by atoms with Crippen LogP contribution in [0.2, 0.25) is 0 Å². The van der Waals surface area contributed by atoms with Gasteiger partial charge in [-0.05, 0) is 314 Å². The standard InChI is InChI=1S/2C24H23N.4C15H14O.14C2H6/c2*1-14-7-9-22-18(10-14)19-12-17-16-8-6-15(2)11-20(16)24(3,4)21(17)13-23(19)25(22)5;1-9-4-5-12-13-7-10(2)6-11(3)15(13)16-14(12)8-9;1-9-4-5-14-12(7-9)13-8-10(2)6-11(3)15(13)16-14;1-9-7-11(3)15-12(8-9)14-10(2)5-4-6-13(14)16-15;1-9-7-11(3)15-13(8-9)12-6-4-5-10(2)14(12)16-15;14*1-2/h2*6-13H,1-5H3;4*4-8H,1-3H3;14*1-2H3. The highest BCUT2D eigenvalue weighted by Crippen LogP contribution is 2.53. The van der Waals surface area contributed by atoms with Crippen LogP contribution in [0.3, 0.4) is 0 Å². The zero-order chi connectivity index (χ0) is 108. The summed E-state index contributed by atoms with van der Waals surface area (Å²) in [5.41, 5.74) is 45.2. The van der Waals surface area contributed by atoms with Crippen molar-refractivity contribution in [3.8, 4) is 22.3 Å². The van der Waals surface area contributed by atoms with Gasteiger partial charge in [0.1, 0.15) is 44.7 Å². The van der Waals surface area contributed by atoms with Crippen LogP contribution in [0.25, 0.3) is 154 Å². The van der Waals surface area contributed by atoms with Crippen molar-refractivity contribution in [3.63, 3.8) is 0 Å². The molecule has 6 nitrogen and oxygen atoms in total. The van der Waals surface area contributed by atoms with Gasteiger partial charge < -0.3 is 26.8 Å². The normalized spacial score (nSPS) is 11.0. The third-order valence-electron chi connectivity index (χ3n) is 24.6. The van der Waals surface area contributed by atoms with Crippen molar-refractivity contribution in [2.45, 2.75) is 343 Å². The minimum Gasteiger partial charge on any atom is -0.456 e. The number of aryl methyl sites for hydroxylation is 18. The summed E-state index contributed by atoms with van der Waals surface area (Å²) in [6, 6.07) is 79.8. The van der Waals surface area contributed by atoms with Crippen LogP contribution in [0.5, 0.6) is 0 Å². The van der Waals surface area contributed by atoms with E-state index in [9.17, 15) is 0 Å². The number of benzene rings is 14. The first kappa shape index (κ1) is 124. The molecule has 0 atom stereocenters. The molecule has 22 rings (SSSR count). The molecular weight excluding hydrogens is 1730 g/mol. The first-order valence-corrected chi connectivity index (χ1v) is 54.3. The highest BCUT2D eigenvalue weighted by molar-refractivity contribution is 6.14. The highest BCUT2D eigenvalue weighted by Gasteiger charge is 2.38. The fraction of sp³-hybridized carbons (Fsp3) is 0.382. The molecule has 0 N–H and O–H groups in total. The van der Waals surface area contributed by atoms with Crippen LogP contribution in [-0.4, -0.2) is 9.13 Å². The number of aromatic nitrogens is 2. The Kier molecular flexibility index (Phi) is 51.1. The fourth-order valence-electron chi connectivity index (χ4n) is 18.9. The molecule has 0 saturated carbocycles. The van der Waals surface area contributed by atoms with Crippen LogP contribution >= 0.6 is 0 Å². The second-order valence-corrected chi connectivity index (χ2v) is 34.5. The molecule has 0 unspecified atom stereocenters. The van der Waals surface area contributed by atoms with Crippen molar-refractivity contribution in [1.82, 2.24) is 9.13 Å². The molecule has 142 heavy (non-hydrogen) atoms. The third kappa shape index (κ3) is 26.7. The summed E-state index contributed by atoms with van der Waals surface area (Å²) in [5, 5.41) is 15.3. The molecule has 2 aliphatic rings. The van der Waals surface area contributed by atoms with E-state index in [2.05, 4.69) is 368 Å². The predicted octanol–water partition coefficient (Wildman–Crippen LogP) is 44.9. The summed E-state index contributed by atoms with van der Waals surface area (Å²) in [6.07, 6.45) is 0. The van der Waals surface area contributed by atoms with E-state index in [4.69, 9.17) is 17.7 Å². The van der Waals surface area contributed by atoms with Crippen LogP contribution in [-0.2, 0) is 24.9 Å². The average Bonchev–Trinajstić information content (AvgIpc) is 1.55. The molecule has 20 aromatic rings. The summed E-state index contributed by atoms with van der Waals surface area (Å²) >= 11 is 0. The summed E-state index contributed by atoms with van der Waals surface area (Å²) in [5.74, 6) is 0. The number of hydrogen-bond acceptors (Lipinski definition) is 4. The Labute approximate surface area is 861 Å². The number of para-hydroxylation sites is 1. The van der Waals surface area contributed by atoms with Gasteiger partial charge in [-0.2, -0.15) is 0 Å². The molecule has 0 fully saturated rings. The molecule has 2 aliphatic carbocycles. The maximum absolute atomic E-state index is 5.97. The zero-order valence-electron chi connectivity index (χ0n) is 98.3. The number of fused-ring (bicyclic) bond motifs is 24. The van der Waals surface area contributed by atoms with Gasteiger partial charge in [-0.3, -0.25) is 0 Å². The van der Waals surface area contributed by atoms with E-state index < -0.39 is 0 Å². The zero-order valence-corrected chi connectivity index (χ0v) is 98.3. The molecular formula is C136H186N2O4. The van der Waals surface area contributed by atoms with Gasteiger partial charge >= 0.3 is 0 Å². The van der Waals surface area contributed by atoms with Crippen LogP contribution < -0.4 is 0 Å². The van der Waals surface area contributed by atoms with E-state index >= 15 is 0 Å². The Morgan fingerprint density at radius 1 is 0.176 bits per heavy atom. The Morgan fingerprint density at radius 3 is 0.873 bits per heavy atom. The quantitative estimate of drug-likeness (QED) is 0.152. The molecule has 14 aromatic carbocycles. The van der Waals surface area contributed by atoms with Crippen molar-refractivity contribution >= 4 is 131 Å². The third-order valence-corrected chi connectivity index (χ3v) is 24.6. The van der Waals surface area contributed by atoms with Crippen molar-refractivity contribution in [3.05, 3.63) is 330 Å². The lowest BCUT2D eigenvalue weighted by molar-refractivity contribution is 0.660. The molecule has 6 heteroatoms. The lowest BCUT2D eigenvalue weighted by Gasteiger charge is -2.22. The molecule has 0 amide bonds. The first-order chi connectivity index (χ1) is 68.4. The van der Waals surface area contributed by atoms with Gasteiger partial charge in [0.25, 0.3) is 0 Å². The maximum Gasteiger partial charge on any atom is 0.138 e. The van der Waals surface area contributed by atoms with Crippen molar-refractivity contribution in [2.24, 2.45) is 14.1 Å². The van der Waals surface area contributed by atoms with Crippen molar-refractivity contribution < 1.29 is 17.7 Å². The number of hydrogen-bond donors (Lipinski definition) is 0. The smallest absolute Gasteiger partial charge is 0.138 e. The summed E-state index contributed by atoms with van der Waals surface area (Å²) in [4.78, 5) is 0. The van der Waals surface area contributed by atoms with Crippen molar-refractivity contribution in [2.75, 3.05) is 0 Å². The predicted molar refractivity (Wildman–Crippen MR) is 646 cm³/mol. The summed E-state index contributed by atoms with van der Waals surface area (Å²) < 4.78 is 28.4. The van der Waals surface area contributed by atoms with Gasteiger partial charge in [-0.25, -0.2) is 0 Å². The Hall–Kier alpha value is -12.1. The Bertz CT molecular complexity index is 7150. The molecule has 6 aromatic heterocycles. The van der Waals surface area contributed by atoms with E-state index in [1.54, 1.807) is 0 Å². The Balaban J connectivity index is 0.000000420. The van der Waals surface area contributed by atoms with E-state index in [1.165, 1.54) is 220 Å². The van der Waals surface area contributed by atoms with Gasteiger partial charge in [-0.1, -0.05) is 371 Å². The van der Waals surface area contributed by atoms with Crippen LogP contribution in [0, 0.1) is 111 Å². The molecule has 0 bridgehead atoms. The number of nitrogens with zero attached hydrogens (tertiary/aromatic N) is 2. The van der Waals surface area contributed by atoms with Gasteiger partial charge in [0, 0.05) is 112 Å². The van der Waals surface area contributed by atoms with Gasteiger partial charge in [-0.15, -0.1) is 0 Å². The topological polar surface area (TPSA) is 62.4 Å². The second kappa shape index (κ2) is 58.5. The Morgan fingerprint density at radius 2 is 0.458 bits per heavy atom. The van der Waals surface area contributed by atoms with E-state index in [-0.39, 0.29) is 10.8 Å². The lowest BCUT2D eigenvalue weighted by Crippen LogP contribution is -2.15. The fourth-order valence-corrected chi connectivity index (χ4v) is 18.9. The summed E-state index contributed by atoms with van der Waals surface area (Å²) in [6.45, 7) is 99.5.